The highest BCUT2D eigenvalue weighted by Gasteiger charge is 2.06. The lowest BCUT2D eigenvalue weighted by Crippen LogP contribution is -2.21. The molecule has 2 aromatic heterocycles. The quantitative estimate of drug-likeness (QED) is 0.860. The number of hydrogen-bond donors (Lipinski definition) is 1. The second-order valence-electron chi connectivity index (χ2n) is 3.86. The predicted octanol–water partition coefficient (Wildman–Crippen LogP) is 1.77. The van der Waals surface area contributed by atoms with Gasteiger partial charge in [-0.1, -0.05) is 0 Å². The van der Waals surface area contributed by atoms with Crippen molar-refractivity contribution in [1.29, 1.82) is 0 Å². The number of thiazole rings is 1. The number of hydrogen-bond acceptors (Lipinski definition) is 4. The number of nitrogens with zero attached hydrogens (tertiary/aromatic N) is 3. The lowest BCUT2D eigenvalue weighted by molar-refractivity contribution is 0.566. The van der Waals surface area contributed by atoms with Crippen LogP contribution in [0.4, 0.5) is 0 Å². The van der Waals surface area contributed by atoms with E-state index in [1.54, 1.807) is 11.3 Å². The van der Waals surface area contributed by atoms with Gasteiger partial charge in [-0.15, -0.1) is 11.3 Å². The molecule has 2 heterocycles. The molecule has 86 valence electrons. The minimum Gasteiger partial charge on any atom is -0.308 e. The van der Waals surface area contributed by atoms with E-state index in [0.717, 1.165) is 18.7 Å². The van der Waals surface area contributed by atoms with Crippen molar-refractivity contribution in [1.82, 2.24) is 20.1 Å². The van der Waals surface area contributed by atoms with Gasteiger partial charge in [0.05, 0.1) is 17.4 Å². The molecule has 2 rings (SSSR count). The van der Waals surface area contributed by atoms with Gasteiger partial charge in [0.25, 0.3) is 0 Å². The standard InChI is InChI=1S/C11H16N4S/c1-9(11-7-16-8-13-11)12-4-3-10-5-14-15(2)6-10/h5-9,12H,3-4H2,1-2H3. The number of nitrogens with one attached hydrogen (secondary N) is 1. The van der Waals surface area contributed by atoms with Crippen LogP contribution < -0.4 is 5.32 Å². The molecular weight excluding hydrogens is 220 g/mol. The molecule has 0 spiro atoms. The summed E-state index contributed by atoms with van der Waals surface area (Å²) in [5.41, 5.74) is 4.26. The summed E-state index contributed by atoms with van der Waals surface area (Å²) in [6.45, 7) is 3.09. The molecule has 0 radical (unpaired) electrons. The van der Waals surface area contributed by atoms with Crippen LogP contribution in [0.5, 0.6) is 0 Å². The second-order valence-corrected chi connectivity index (χ2v) is 4.58. The Kier molecular flexibility index (Phi) is 3.69. The van der Waals surface area contributed by atoms with E-state index in [4.69, 9.17) is 0 Å². The molecule has 0 bridgehead atoms. The summed E-state index contributed by atoms with van der Waals surface area (Å²) in [6.07, 6.45) is 4.96. The smallest absolute Gasteiger partial charge is 0.0795 e. The summed E-state index contributed by atoms with van der Waals surface area (Å²) in [5.74, 6) is 0. The average molecular weight is 236 g/mol. The fraction of sp³-hybridized carbons (Fsp3) is 0.455. The van der Waals surface area contributed by atoms with Crippen LogP contribution in [-0.4, -0.2) is 21.3 Å². The van der Waals surface area contributed by atoms with Gasteiger partial charge >= 0.3 is 0 Å². The van der Waals surface area contributed by atoms with Crippen LogP contribution in [-0.2, 0) is 13.5 Å². The van der Waals surface area contributed by atoms with Gasteiger partial charge < -0.3 is 5.32 Å². The molecule has 0 saturated carbocycles. The predicted molar refractivity (Wildman–Crippen MR) is 65.4 cm³/mol. The van der Waals surface area contributed by atoms with Crippen LogP contribution in [0.1, 0.15) is 24.2 Å². The Bertz CT molecular complexity index is 421. The van der Waals surface area contributed by atoms with Gasteiger partial charge in [0.2, 0.25) is 0 Å². The van der Waals surface area contributed by atoms with Crippen molar-refractivity contribution in [3.05, 3.63) is 34.5 Å². The van der Waals surface area contributed by atoms with Gasteiger partial charge in [-0.05, 0) is 25.5 Å². The number of rotatable bonds is 5. The van der Waals surface area contributed by atoms with E-state index in [1.807, 2.05) is 23.4 Å². The van der Waals surface area contributed by atoms with Gasteiger partial charge in [0, 0.05) is 24.7 Å². The first-order valence-corrected chi connectivity index (χ1v) is 6.29. The molecule has 1 N–H and O–H groups in total. The summed E-state index contributed by atoms with van der Waals surface area (Å²) >= 11 is 1.64. The molecule has 16 heavy (non-hydrogen) atoms. The minimum atomic E-state index is 0.322. The van der Waals surface area contributed by atoms with Crippen molar-refractivity contribution in [3.8, 4) is 0 Å². The molecule has 2 aromatic rings. The Morgan fingerprint density at radius 2 is 2.44 bits per heavy atom. The normalized spacial score (nSPS) is 12.9. The van der Waals surface area contributed by atoms with Gasteiger partial charge in [-0.25, -0.2) is 4.98 Å². The Balaban J connectivity index is 1.76. The van der Waals surface area contributed by atoms with Crippen LogP contribution in [0.2, 0.25) is 0 Å². The van der Waals surface area contributed by atoms with Crippen molar-refractivity contribution in [2.75, 3.05) is 6.54 Å². The SMILES string of the molecule is CC(NCCc1cnn(C)c1)c1cscn1. The first-order chi connectivity index (χ1) is 7.75. The van der Waals surface area contributed by atoms with Crippen LogP contribution in [0.15, 0.2) is 23.3 Å². The maximum Gasteiger partial charge on any atom is 0.0795 e. The molecule has 4 nitrogen and oxygen atoms in total. The molecule has 0 aromatic carbocycles. The summed E-state index contributed by atoms with van der Waals surface area (Å²) in [7, 11) is 1.94. The van der Waals surface area contributed by atoms with Crippen molar-refractivity contribution < 1.29 is 0 Å². The van der Waals surface area contributed by atoms with E-state index in [9.17, 15) is 0 Å². The third kappa shape index (κ3) is 2.90. The Hall–Kier alpha value is -1.20. The van der Waals surface area contributed by atoms with Crippen LogP contribution >= 0.6 is 11.3 Å². The summed E-state index contributed by atoms with van der Waals surface area (Å²) < 4.78 is 1.83. The third-order valence-corrected chi connectivity index (χ3v) is 3.12. The van der Waals surface area contributed by atoms with E-state index < -0.39 is 0 Å². The fourth-order valence-corrected chi connectivity index (χ4v) is 2.22. The molecule has 1 unspecified atom stereocenters. The lowest BCUT2D eigenvalue weighted by Gasteiger charge is -2.10. The molecule has 5 heteroatoms. The lowest BCUT2D eigenvalue weighted by atomic mass is 10.2. The average Bonchev–Trinajstić information content (AvgIpc) is 2.89. The zero-order valence-electron chi connectivity index (χ0n) is 9.55. The molecule has 0 fully saturated rings. The van der Waals surface area contributed by atoms with Gasteiger partial charge in [-0.3, -0.25) is 4.68 Å². The van der Waals surface area contributed by atoms with Crippen LogP contribution in [0.3, 0.4) is 0 Å². The van der Waals surface area contributed by atoms with Gasteiger partial charge in [-0.2, -0.15) is 5.10 Å². The Morgan fingerprint density at radius 1 is 1.56 bits per heavy atom. The maximum atomic E-state index is 4.29. The third-order valence-electron chi connectivity index (χ3n) is 2.52. The second kappa shape index (κ2) is 5.23. The molecule has 0 aliphatic carbocycles. The van der Waals surface area contributed by atoms with Gasteiger partial charge in [0.1, 0.15) is 0 Å². The molecule has 0 saturated heterocycles. The molecular formula is C11H16N4S. The molecule has 0 amide bonds. The zero-order chi connectivity index (χ0) is 11.4. The minimum absolute atomic E-state index is 0.322. The maximum absolute atomic E-state index is 4.29. The van der Waals surface area contributed by atoms with E-state index in [-0.39, 0.29) is 0 Å². The van der Waals surface area contributed by atoms with Gasteiger partial charge in [0.15, 0.2) is 0 Å². The monoisotopic (exact) mass is 236 g/mol. The van der Waals surface area contributed by atoms with Crippen molar-refractivity contribution >= 4 is 11.3 Å². The fourth-order valence-electron chi connectivity index (χ4n) is 1.57. The highest BCUT2D eigenvalue weighted by Crippen LogP contribution is 2.11. The molecule has 0 aliphatic heterocycles. The zero-order valence-corrected chi connectivity index (χ0v) is 10.4. The Labute approximate surface area is 99.3 Å². The van der Waals surface area contributed by atoms with Crippen molar-refractivity contribution in [2.24, 2.45) is 7.05 Å². The summed E-state index contributed by atoms with van der Waals surface area (Å²) in [4.78, 5) is 4.29. The van der Waals surface area contributed by atoms with E-state index in [1.165, 1.54) is 5.56 Å². The largest absolute Gasteiger partial charge is 0.308 e. The molecule has 0 aliphatic rings. The topological polar surface area (TPSA) is 42.7 Å². The van der Waals surface area contributed by atoms with Crippen LogP contribution in [0, 0.1) is 0 Å². The van der Waals surface area contributed by atoms with E-state index in [0.29, 0.717) is 6.04 Å². The summed E-state index contributed by atoms with van der Waals surface area (Å²) in [6, 6.07) is 0.322. The van der Waals surface area contributed by atoms with E-state index >= 15 is 0 Å². The highest BCUT2D eigenvalue weighted by molar-refractivity contribution is 7.07. The molecule has 1 atom stereocenters. The first-order valence-electron chi connectivity index (χ1n) is 5.34. The first kappa shape index (κ1) is 11.3. The van der Waals surface area contributed by atoms with Crippen LogP contribution in [0.25, 0.3) is 0 Å². The summed E-state index contributed by atoms with van der Waals surface area (Å²) in [5, 5.41) is 9.68. The highest BCUT2D eigenvalue weighted by atomic mass is 32.1. The number of aromatic nitrogens is 3. The van der Waals surface area contributed by atoms with Crippen molar-refractivity contribution in [3.63, 3.8) is 0 Å². The number of aryl methyl sites for hydroxylation is 1. The Morgan fingerprint density at radius 3 is 3.06 bits per heavy atom. The van der Waals surface area contributed by atoms with E-state index in [2.05, 4.69) is 33.9 Å². The van der Waals surface area contributed by atoms with Crippen molar-refractivity contribution in [2.45, 2.75) is 19.4 Å².